The Kier molecular flexibility index (Phi) is 11.2. The van der Waals surface area contributed by atoms with E-state index in [-0.39, 0.29) is 30.0 Å². The van der Waals surface area contributed by atoms with Crippen molar-refractivity contribution >= 4 is 55.7 Å². The number of halogens is 2. The molecule has 2 aliphatic heterocycles. The lowest BCUT2D eigenvalue weighted by atomic mass is 10.1. The third kappa shape index (κ3) is 8.32. The average molecular weight is 776 g/mol. The van der Waals surface area contributed by atoms with Gasteiger partial charge in [-0.25, -0.2) is 32.9 Å². The maximum absolute atomic E-state index is 16.3. The normalized spacial score (nSPS) is 34.2. The molecule has 3 fully saturated rings. The molecular formula is C27H33F2N9O10P2S. The van der Waals surface area contributed by atoms with E-state index in [2.05, 4.69) is 47.8 Å². The summed E-state index contributed by atoms with van der Waals surface area (Å²) in [6.07, 6.45) is -7.06. The van der Waals surface area contributed by atoms with Crippen LogP contribution in [0.5, 0.6) is 0 Å². The van der Waals surface area contributed by atoms with Gasteiger partial charge in [-0.3, -0.25) is 47.1 Å². The number of rotatable bonds is 8. The molecule has 1 saturated carbocycles. The molecule has 3 aromatic heterocycles. The zero-order valence-electron chi connectivity index (χ0n) is 26.9. The molecule has 0 aromatic carbocycles. The Morgan fingerprint density at radius 1 is 1.22 bits per heavy atom. The van der Waals surface area contributed by atoms with Crippen LogP contribution >= 0.6 is 26.9 Å². The van der Waals surface area contributed by atoms with Gasteiger partial charge in [-0.05, 0) is 12.5 Å². The van der Waals surface area contributed by atoms with Crippen LogP contribution in [-0.2, 0) is 41.3 Å². The minimum atomic E-state index is -4.83. The molecule has 0 spiro atoms. The van der Waals surface area contributed by atoms with Crippen molar-refractivity contribution in [2.24, 2.45) is 11.8 Å². The molecule has 51 heavy (non-hydrogen) atoms. The van der Waals surface area contributed by atoms with Crippen molar-refractivity contribution in [2.45, 2.75) is 69.6 Å². The number of fused-ring (bicyclic) bond motifs is 4. The largest absolute Gasteiger partial charge is 0.475 e. The molecule has 3 aliphatic rings. The lowest BCUT2D eigenvalue weighted by Crippen LogP contribution is -2.34. The molecule has 10 atom stereocenters. The summed E-state index contributed by atoms with van der Waals surface area (Å²) in [4.78, 5) is 43.7. The number of nitrogens with one attached hydrogen (secondary N) is 3. The van der Waals surface area contributed by atoms with Crippen LogP contribution in [0.4, 0.5) is 20.5 Å². The van der Waals surface area contributed by atoms with Crippen molar-refractivity contribution in [2.75, 3.05) is 30.5 Å². The quantitative estimate of drug-likeness (QED) is 0.145. The van der Waals surface area contributed by atoms with Gasteiger partial charge in [-0.15, -0.1) is 0 Å². The average Bonchev–Trinajstić information content (AvgIpc) is 3.73. The van der Waals surface area contributed by atoms with Crippen LogP contribution in [0.3, 0.4) is 0 Å². The topological polar surface area (TPSA) is 244 Å². The number of carbonyl (C=O) groups excluding carboxylic acids is 1. The van der Waals surface area contributed by atoms with Crippen molar-refractivity contribution in [1.82, 2.24) is 29.5 Å². The number of aromatic amines is 1. The number of alkyl halides is 2. The van der Waals surface area contributed by atoms with Crippen LogP contribution in [0.15, 0.2) is 29.7 Å². The van der Waals surface area contributed by atoms with E-state index in [0.717, 1.165) is 10.9 Å². The Labute approximate surface area is 293 Å². The monoisotopic (exact) mass is 775 g/mol. The zero-order valence-corrected chi connectivity index (χ0v) is 29.6. The standard InChI is InChI=1S/C27H33F2N9O10P2S/c1-13(2)24(39)36-27-35-23-20(25(40)37-27)33-12-38(23)26-22-19(29)16(46-26)10-45-50(42,51)48-21-14(9-44-49(41,47-22)43-7-3-5-30)8-15(18(21)28)34-17-4-6-31-11-32-17/h4,6,11-16,18-19,21-22,26H,3,7-10H2,1-2H3,(H,42,51)(H,31,32,34)(H2,35,36,37,39,40)/t14-,15-,16-,18+,19?,21-,22-,26-,49?,50?/m1/s1. The number of aromatic nitrogens is 6. The summed E-state index contributed by atoms with van der Waals surface area (Å²) in [5.74, 6) is -1.84. The number of thiol groups is 1. The molecule has 2 bridgehead atoms. The van der Waals surface area contributed by atoms with E-state index in [4.69, 9.17) is 32.6 Å². The van der Waals surface area contributed by atoms with Gasteiger partial charge in [0.1, 0.15) is 36.6 Å². The first kappa shape index (κ1) is 37.4. The molecule has 6 rings (SSSR count). The fourth-order valence-electron chi connectivity index (χ4n) is 5.68. The van der Waals surface area contributed by atoms with Crippen LogP contribution < -0.4 is 16.2 Å². The fourth-order valence-corrected chi connectivity index (χ4v) is 8.60. The number of H-pyrrole nitrogens is 1. The molecule has 3 aromatic rings. The summed E-state index contributed by atoms with van der Waals surface area (Å²) < 4.78 is 94.6. The Hall–Kier alpha value is -3.38. The van der Waals surface area contributed by atoms with E-state index < -0.39 is 101 Å². The number of phosphoric acid groups is 1. The summed E-state index contributed by atoms with van der Waals surface area (Å²) in [5.41, 5.74) is -1.15. The number of amides is 1. The zero-order chi connectivity index (χ0) is 36.5. The minimum Gasteiger partial charge on any atom is -0.364 e. The van der Waals surface area contributed by atoms with Crippen LogP contribution in [0.1, 0.15) is 32.9 Å². The molecule has 1 amide bonds. The summed E-state index contributed by atoms with van der Waals surface area (Å²) in [6.45, 7) is -2.99. The van der Waals surface area contributed by atoms with Crippen molar-refractivity contribution < 1.29 is 50.1 Å². The summed E-state index contributed by atoms with van der Waals surface area (Å²) in [6, 6.07) is 2.37. The molecule has 276 valence electrons. The second-order valence-corrected chi connectivity index (χ2v) is 16.6. The van der Waals surface area contributed by atoms with Gasteiger partial charge >= 0.3 is 14.6 Å². The van der Waals surface area contributed by atoms with Gasteiger partial charge in [-0.2, -0.15) is 10.2 Å². The van der Waals surface area contributed by atoms with Crippen molar-refractivity contribution in [3.05, 3.63) is 35.3 Å². The third-order valence-corrected chi connectivity index (χ3v) is 11.3. The van der Waals surface area contributed by atoms with Gasteiger partial charge in [0.05, 0.1) is 44.7 Å². The van der Waals surface area contributed by atoms with Crippen molar-refractivity contribution in [1.29, 1.82) is 5.26 Å². The maximum atomic E-state index is 16.3. The molecule has 3 unspecified atom stereocenters. The lowest BCUT2D eigenvalue weighted by molar-refractivity contribution is -0.118. The van der Waals surface area contributed by atoms with Gasteiger partial charge in [0, 0.05) is 18.0 Å². The Morgan fingerprint density at radius 2 is 2.02 bits per heavy atom. The number of anilines is 2. The smallest absolute Gasteiger partial charge is 0.364 e. The molecular weight excluding hydrogens is 742 g/mol. The molecule has 5 heterocycles. The van der Waals surface area contributed by atoms with Gasteiger partial charge < -0.3 is 10.1 Å². The van der Waals surface area contributed by atoms with Gasteiger partial charge in [0.15, 0.2) is 23.6 Å². The minimum absolute atomic E-state index is 0.0255. The predicted molar refractivity (Wildman–Crippen MR) is 175 cm³/mol. The van der Waals surface area contributed by atoms with E-state index in [1.54, 1.807) is 13.8 Å². The third-order valence-electron chi connectivity index (χ3n) is 8.19. The Balaban J connectivity index is 1.34. The van der Waals surface area contributed by atoms with E-state index in [1.165, 1.54) is 18.6 Å². The SMILES string of the molecule is CC(C)C(=O)Nc1nc2c(ncn2[C@@H]2O[C@@H]3COP(=O)(S)O[C@@H]4[C@@H](COP(=O)(OCCC#N)O[C@@H]2C3F)C[C@@H](Nc2ccncn2)[C@@H]4F)c(=O)[nH]1. The second-order valence-electron chi connectivity index (χ2n) is 12.1. The molecule has 24 heteroatoms. The van der Waals surface area contributed by atoms with Crippen molar-refractivity contribution in [3.8, 4) is 6.07 Å². The highest BCUT2D eigenvalue weighted by Gasteiger charge is 2.54. The van der Waals surface area contributed by atoms with Gasteiger partial charge in [0.25, 0.3) is 5.56 Å². The molecule has 19 nitrogen and oxygen atoms in total. The molecule has 1 aliphatic carbocycles. The summed E-state index contributed by atoms with van der Waals surface area (Å²) in [7, 11) is -4.83. The number of ether oxygens (including phenoxy) is 1. The van der Waals surface area contributed by atoms with Crippen LogP contribution in [0.2, 0.25) is 0 Å². The van der Waals surface area contributed by atoms with E-state index in [9.17, 15) is 18.7 Å². The van der Waals surface area contributed by atoms with Crippen molar-refractivity contribution in [3.63, 3.8) is 0 Å². The van der Waals surface area contributed by atoms with E-state index in [1.807, 2.05) is 6.07 Å². The number of hydrogen-bond acceptors (Lipinski definition) is 16. The highest BCUT2D eigenvalue weighted by molar-refractivity contribution is 8.44. The number of nitriles is 1. The van der Waals surface area contributed by atoms with Crippen LogP contribution in [0, 0.1) is 23.2 Å². The number of imidazole rings is 1. The first-order valence-corrected chi connectivity index (χ1v) is 19.8. The number of phosphoric ester groups is 1. The number of nitrogens with zero attached hydrogens (tertiary/aromatic N) is 6. The highest BCUT2D eigenvalue weighted by atomic mass is 32.7. The molecule has 3 N–H and O–H groups in total. The van der Waals surface area contributed by atoms with Crippen LogP contribution in [-0.4, -0.2) is 91.9 Å². The second kappa shape index (κ2) is 15.3. The summed E-state index contributed by atoms with van der Waals surface area (Å²) >= 11 is 4.01. The summed E-state index contributed by atoms with van der Waals surface area (Å²) in [5, 5.41) is 14.5. The number of hydrogen-bond donors (Lipinski definition) is 4. The van der Waals surface area contributed by atoms with Gasteiger partial charge in [-0.1, -0.05) is 26.1 Å². The first-order valence-electron chi connectivity index (χ1n) is 15.6. The fraction of sp³-hybridized carbons (Fsp3) is 0.593. The lowest BCUT2D eigenvalue weighted by Gasteiger charge is -2.28. The Morgan fingerprint density at radius 3 is 2.75 bits per heavy atom. The highest BCUT2D eigenvalue weighted by Crippen LogP contribution is 2.60. The van der Waals surface area contributed by atoms with Gasteiger partial charge in [0.2, 0.25) is 11.9 Å². The van der Waals surface area contributed by atoms with E-state index >= 15 is 8.78 Å². The molecule has 2 saturated heterocycles. The number of carbonyl (C=O) groups is 1. The van der Waals surface area contributed by atoms with Crippen LogP contribution in [0.25, 0.3) is 11.2 Å². The van der Waals surface area contributed by atoms with E-state index in [0.29, 0.717) is 5.82 Å². The first-order chi connectivity index (χ1) is 24.3. The Bertz CT molecular complexity index is 1940. The predicted octanol–water partition coefficient (Wildman–Crippen LogP) is 3.47. The molecule has 0 radical (unpaired) electrons. The maximum Gasteiger partial charge on any atom is 0.475 e.